The van der Waals surface area contributed by atoms with Crippen LogP contribution >= 0.6 is 0 Å². The average molecular weight is 379 g/mol. The number of hydrogen-bond donors (Lipinski definition) is 0. The van der Waals surface area contributed by atoms with Crippen molar-refractivity contribution in [1.29, 1.82) is 0 Å². The van der Waals surface area contributed by atoms with Crippen molar-refractivity contribution < 1.29 is 9.47 Å². The van der Waals surface area contributed by atoms with E-state index in [1.807, 2.05) is 58.0 Å². The van der Waals surface area contributed by atoms with E-state index in [1.54, 1.807) is 23.0 Å². The highest BCUT2D eigenvalue weighted by atomic mass is 16.5. The van der Waals surface area contributed by atoms with Crippen LogP contribution in [0, 0.1) is 6.92 Å². The molecular weight excluding hydrogens is 354 g/mol. The summed E-state index contributed by atoms with van der Waals surface area (Å²) in [6.07, 6.45) is 3.45. The van der Waals surface area contributed by atoms with Crippen molar-refractivity contribution >= 4 is 0 Å². The van der Waals surface area contributed by atoms with Crippen LogP contribution in [0.4, 0.5) is 0 Å². The van der Waals surface area contributed by atoms with E-state index >= 15 is 0 Å². The first-order valence-electron chi connectivity index (χ1n) is 9.32. The van der Waals surface area contributed by atoms with Crippen molar-refractivity contribution in [2.75, 3.05) is 0 Å². The van der Waals surface area contributed by atoms with Crippen molar-refractivity contribution in [1.82, 2.24) is 14.5 Å². The van der Waals surface area contributed by atoms with Crippen LogP contribution < -0.4 is 15.0 Å². The highest BCUT2D eigenvalue weighted by Crippen LogP contribution is 2.23. The molecule has 0 saturated heterocycles. The van der Waals surface area contributed by atoms with Crippen molar-refractivity contribution in [3.05, 3.63) is 82.3 Å². The number of ether oxygens (including phenoxy) is 2. The van der Waals surface area contributed by atoms with Crippen LogP contribution in [0.25, 0.3) is 0 Å². The second-order valence-electron chi connectivity index (χ2n) is 6.91. The molecular formula is C22H25N3O3. The summed E-state index contributed by atoms with van der Waals surface area (Å²) in [4.78, 5) is 21.0. The normalized spacial score (nSPS) is 12.0. The summed E-state index contributed by atoms with van der Waals surface area (Å²) in [5, 5.41) is 0. The summed E-state index contributed by atoms with van der Waals surface area (Å²) in [6, 6.07) is 12.9. The van der Waals surface area contributed by atoms with Crippen LogP contribution in [-0.2, 0) is 6.61 Å². The molecule has 28 heavy (non-hydrogen) atoms. The molecule has 0 bridgehead atoms. The summed E-state index contributed by atoms with van der Waals surface area (Å²) >= 11 is 0. The Balaban J connectivity index is 1.77. The molecule has 3 aromatic rings. The van der Waals surface area contributed by atoms with E-state index in [9.17, 15) is 4.79 Å². The van der Waals surface area contributed by atoms with Gasteiger partial charge < -0.3 is 14.0 Å². The number of hydrogen-bond acceptors (Lipinski definition) is 5. The Morgan fingerprint density at radius 1 is 1.00 bits per heavy atom. The standard InChI is InChI=1S/C22H25N3O3/c1-15(2)28-19-8-6-18(7-9-19)17(4)25-16(3)12-20(13-22(25)26)27-14-21-23-10-5-11-24-21/h5-13,15,17H,14H2,1-4H3/t17-/m1/s1. The maximum Gasteiger partial charge on any atom is 0.254 e. The summed E-state index contributed by atoms with van der Waals surface area (Å²) in [6.45, 7) is 8.11. The minimum absolute atomic E-state index is 0.105. The molecule has 6 heteroatoms. The summed E-state index contributed by atoms with van der Waals surface area (Å²) in [7, 11) is 0. The molecule has 1 aromatic carbocycles. The van der Waals surface area contributed by atoms with Gasteiger partial charge in [0.2, 0.25) is 0 Å². The van der Waals surface area contributed by atoms with Gasteiger partial charge in [0.1, 0.15) is 18.1 Å². The second kappa shape index (κ2) is 8.69. The molecule has 0 radical (unpaired) electrons. The van der Waals surface area contributed by atoms with Crippen LogP contribution in [0.5, 0.6) is 11.5 Å². The van der Waals surface area contributed by atoms with Gasteiger partial charge in [-0.25, -0.2) is 9.97 Å². The molecule has 2 aromatic heterocycles. The topological polar surface area (TPSA) is 66.2 Å². The van der Waals surface area contributed by atoms with Gasteiger partial charge in [-0.2, -0.15) is 0 Å². The lowest BCUT2D eigenvalue weighted by Gasteiger charge is -2.20. The van der Waals surface area contributed by atoms with Gasteiger partial charge in [0.15, 0.2) is 5.82 Å². The zero-order chi connectivity index (χ0) is 20.1. The third kappa shape index (κ3) is 4.76. The Bertz CT molecular complexity index is 967. The number of rotatable bonds is 7. The van der Waals surface area contributed by atoms with Gasteiger partial charge in [-0.3, -0.25) is 4.79 Å². The predicted molar refractivity (Wildman–Crippen MR) is 108 cm³/mol. The van der Waals surface area contributed by atoms with Crippen molar-refractivity contribution in [3.8, 4) is 11.5 Å². The van der Waals surface area contributed by atoms with Gasteiger partial charge in [-0.1, -0.05) is 12.1 Å². The van der Waals surface area contributed by atoms with Crippen molar-refractivity contribution in [3.63, 3.8) is 0 Å². The highest BCUT2D eigenvalue weighted by Gasteiger charge is 2.14. The van der Waals surface area contributed by atoms with Crippen molar-refractivity contribution in [2.45, 2.75) is 46.4 Å². The monoisotopic (exact) mass is 379 g/mol. The molecule has 0 N–H and O–H groups in total. The molecule has 146 valence electrons. The third-order valence-corrected chi connectivity index (χ3v) is 4.34. The Labute approximate surface area is 164 Å². The fourth-order valence-corrected chi connectivity index (χ4v) is 3.06. The summed E-state index contributed by atoms with van der Waals surface area (Å²) < 4.78 is 13.1. The quantitative estimate of drug-likeness (QED) is 0.622. The lowest BCUT2D eigenvalue weighted by Crippen LogP contribution is -2.25. The van der Waals surface area contributed by atoms with E-state index in [4.69, 9.17) is 9.47 Å². The van der Waals surface area contributed by atoms with Gasteiger partial charge in [0, 0.05) is 24.2 Å². The highest BCUT2D eigenvalue weighted by molar-refractivity contribution is 5.31. The molecule has 0 aliphatic heterocycles. The van der Waals surface area contributed by atoms with E-state index in [0.717, 1.165) is 17.0 Å². The Hall–Kier alpha value is -3.15. The van der Waals surface area contributed by atoms with Gasteiger partial charge in [0.05, 0.1) is 12.1 Å². The molecule has 0 saturated carbocycles. The fraction of sp³-hybridized carbons (Fsp3) is 0.318. The van der Waals surface area contributed by atoms with Crippen LogP contribution in [0.15, 0.2) is 59.7 Å². The molecule has 1 atom stereocenters. The molecule has 0 aliphatic carbocycles. The number of nitrogens with zero attached hydrogens (tertiary/aromatic N) is 3. The average Bonchev–Trinajstić information content (AvgIpc) is 2.67. The van der Waals surface area contributed by atoms with Gasteiger partial charge in [-0.15, -0.1) is 0 Å². The van der Waals surface area contributed by atoms with Gasteiger partial charge in [0.25, 0.3) is 5.56 Å². The third-order valence-electron chi connectivity index (χ3n) is 4.34. The van der Waals surface area contributed by atoms with Crippen molar-refractivity contribution in [2.24, 2.45) is 0 Å². The van der Waals surface area contributed by atoms with Gasteiger partial charge in [-0.05, 0) is 57.5 Å². The van der Waals surface area contributed by atoms with E-state index in [2.05, 4.69) is 9.97 Å². The smallest absolute Gasteiger partial charge is 0.254 e. The minimum Gasteiger partial charge on any atom is -0.491 e. The zero-order valence-electron chi connectivity index (χ0n) is 16.6. The molecule has 0 aliphatic rings. The maximum atomic E-state index is 12.7. The summed E-state index contributed by atoms with van der Waals surface area (Å²) in [5.74, 6) is 1.90. The number of pyridine rings is 1. The number of aromatic nitrogens is 3. The van der Waals surface area contributed by atoms with E-state index in [-0.39, 0.29) is 24.3 Å². The maximum absolute atomic E-state index is 12.7. The molecule has 0 unspecified atom stereocenters. The largest absolute Gasteiger partial charge is 0.491 e. The van der Waals surface area contributed by atoms with E-state index in [1.165, 1.54) is 6.07 Å². The Morgan fingerprint density at radius 3 is 2.29 bits per heavy atom. The molecule has 6 nitrogen and oxygen atoms in total. The van der Waals surface area contributed by atoms with Crippen LogP contribution in [0.2, 0.25) is 0 Å². The SMILES string of the molecule is Cc1cc(OCc2ncccn2)cc(=O)n1[C@H](C)c1ccc(OC(C)C)cc1. The van der Waals surface area contributed by atoms with E-state index < -0.39 is 0 Å². The molecule has 0 spiro atoms. The first-order chi connectivity index (χ1) is 13.4. The second-order valence-corrected chi connectivity index (χ2v) is 6.91. The predicted octanol–water partition coefficient (Wildman–Crippen LogP) is 3.92. The lowest BCUT2D eigenvalue weighted by atomic mass is 10.1. The molecule has 0 amide bonds. The molecule has 0 fully saturated rings. The van der Waals surface area contributed by atoms with Crippen LogP contribution in [-0.4, -0.2) is 20.6 Å². The fourth-order valence-electron chi connectivity index (χ4n) is 3.06. The summed E-state index contributed by atoms with van der Waals surface area (Å²) in [5.41, 5.74) is 1.75. The zero-order valence-corrected chi connectivity index (χ0v) is 16.6. The minimum atomic E-state index is -0.112. The van der Waals surface area contributed by atoms with Gasteiger partial charge >= 0.3 is 0 Å². The van der Waals surface area contributed by atoms with E-state index in [0.29, 0.717) is 11.6 Å². The van der Waals surface area contributed by atoms with Crippen LogP contribution in [0.3, 0.4) is 0 Å². The Kier molecular flexibility index (Phi) is 6.09. The Morgan fingerprint density at radius 2 is 1.68 bits per heavy atom. The first-order valence-corrected chi connectivity index (χ1v) is 9.32. The molecule has 3 rings (SSSR count). The molecule has 2 heterocycles. The van der Waals surface area contributed by atoms with Crippen LogP contribution in [0.1, 0.15) is 43.9 Å². The lowest BCUT2D eigenvalue weighted by molar-refractivity contribution is 0.242. The first kappa shape index (κ1) is 19.6. The number of benzene rings is 1. The number of aryl methyl sites for hydroxylation is 1.